The van der Waals surface area contributed by atoms with Crippen LogP contribution in [0, 0.1) is 0 Å². The highest BCUT2D eigenvalue weighted by Crippen LogP contribution is 2.41. The third-order valence-electron chi connectivity index (χ3n) is 7.66. The topological polar surface area (TPSA) is 77.3 Å². The monoisotopic (exact) mass is 552 g/mol. The molecule has 0 fully saturated rings. The van der Waals surface area contributed by atoms with Crippen LogP contribution in [-0.2, 0) is 6.42 Å². The summed E-state index contributed by atoms with van der Waals surface area (Å²) in [4.78, 5) is 29.6. The van der Waals surface area contributed by atoms with Crippen LogP contribution in [0.4, 0.5) is 0 Å². The van der Waals surface area contributed by atoms with Gasteiger partial charge in [-0.05, 0) is 28.7 Å². The molecule has 5 aromatic carbocycles. The Morgan fingerprint density at radius 3 is 1.26 bits per heavy atom. The SMILES string of the molecule is c1ccc(-c2nc(-c3ccccc3)nc(-c3nc(-c4ccccc4)nc(-c4cccc5c4Cc4ccccc4-5)n3)n2)cc1. The average molecular weight is 553 g/mol. The van der Waals surface area contributed by atoms with Gasteiger partial charge in [-0.1, -0.05) is 133 Å². The Morgan fingerprint density at radius 1 is 0.302 bits per heavy atom. The second-order valence-electron chi connectivity index (χ2n) is 10.4. The van der Waals surface area contributed by atoms with E-state index in [1.54, 1.807) is 0 Å². The van der Waals surface area contributed by atoms with Crippen LogP contribution < -0.4 is 0 Å². The summed E-state index contributed by atoms with van der Waals surface area (Å²) in [5.74, 6) is 3.07. The van der Waals surface area contributed by atoms with Gasteiger partial charge < -0.3 is 0 Å². The number of hydrogen-bond acceptors (Lipinski definition) is 6. The van der Waals surface area contributed by atoms with Crippen LogP contribution in [0.5, 0.6) is 0 Å². The van der Waals surface area contributed by atoms with Crippen LogP contribution in [0.25, 0.3) is 68.3 Å². The number of rotatable bonds is 5. The molecule has 0 spiro atoms. The number of aromatic nitrogens is 6. The number of nitrogens with zero attached hydrogens (tertiary/aromatic N) is 6. The number of fused-ring (bicyclic) bond motifs is 3. The molecule has 0 saturated heterocycles. The summed E-state index contributed by atoms with van der Waals surface area (Å²) in [7, 11) is 0. The van der Waals surface area contributed by atoms with Crippen molar-refractivity contribution >= 4 is 0 Å². The zero-order valence-electron chi connectivity index (χ0n) is 23.1. The first-order valence-corrected chi connectivity index (χ1v) is 14.2. The van der Waals surface area contributed by atoms with Gasteiger partial charge in [0, 0.05) is 22.3 Å². The Kier molecular flexibility index (Phi) is 6.08. The van der Waals surface area contributed by atoms with Gasteiger partial charge in [0.1, 0.15) is 0 Å². The maximum absolute atomic E-state index is 5.03. The second kappa shape index (κ2) is 10.5. The summed E-state index contributed by atoms with van der Waals surface area (Å²) in [6.07, 6.45) is 0.825. The van der Waals surface area contributed by atoms with Gasteiger partial charge in [0.15, 0.2) is 23.3 Å². The summed E-state index contributed by atoms with van der Waals surface area (Å²) in [5, 5.41) is 0. The highest BCUT2D eigenvalue weighted by atomic mass is 15.1. The number of hydrogen-bond donors (Lipinski definition) is 0. The lowest BCUT2D eigenvalue weighted by atomic mass is 10.0. The molecule has 0 bridgehead atoms. The fourth-order valence-electron chi connectivity index (χ4n) is 5.59. The van der Waals surface area contributed by atoms with Gasteiger partial charge in [0.25, 0.3) is 0 Å². The van der Waals surface area contributed by atoms with E-state index in [-0.39, 0.29) is 0 Å². The Hall–Kier alpha value is -5.88. The van der Waals surface area contributed by atoms with Crippen molar-refractivity contribution in [2.75, 3.05) is 0 Å². The molecule has 0 saturated carbocycles. The molecule has 1 aliphatic carbocycles. The van der Waals surface area contributed by atoms with Crippen LogP contribution in [0.15, 0.2) is 133 Å². The van der Waals surface area contributed by atoms with Crippen molar-refractivity contribution < 1.29 is 0 Å². The van der Waals surface area contributed by atoms with Gasteiger partial charge in [-0.15, -0.1) is 0 Å². The largest absolute Gasteiger partial charge is 0.208 e. The lowest BCUT2D eigenvalue weighted by Crippen LogP contribution is -2.06. The third kappa shape index (κ3) is 4.65. The fourth-order valence-corrected chi connectivity index (χ4v) is 5.59. The first-order valence-electron chi connectivity index (χ1n) is 14.2. The summed E-state index contributed by atoms with van der Waals surface area (Å²) in [6.45, 7) is 0. The van der Waals surface area contributed by atoms with Crippen LogP contribution in [0.3, 0.4) is 0 Å². The zero-order valence-corrected chi connectivity index (χ0v) is 23.1. The van der Waals surface area contributed by atoms with Crippen LogP contribution >= 0.6 is 0 Å². The van der Waals surface area contributed by atoms with Crippen LogP contribution in [0.1, 0.15) is 11.1 Å². The summed E-state index contributed by atoms with van der Waals surface area (Å²) >= 11 is 0. The standard InChI is InChI=1S/C37H24N6/c1-4-13-24(14-5-1)32-38-33(25-15-6-2-7-16-25)41-36(40-32)37-42-34(26-17-8-3-9-18-26)39-35(43-37)30-22-12-21-29-28-20-11-10-19-27(28)23-31(29)30/h1-22H,23H2. The highest BCUT2D eigenvalue weighted by Gasteiger charge is 2.24. The van der Waals surface area contributed by atoms with E-state index in [9.17, 15) is 0 Å². The van der Waals surface area contributed by atoms with E-state index in [1.165, 1.54) is 22.3 Å². The molecule has 202 valence electrons. The van der Waals surface area contributed by atoms with E-state index in [1.807, 2.05) is 91.0 Å². The third-order valence-corrected chi connectivity index (χ3v) is 7.66. The minimum Gasteiger partial charge on any atom is -0.208 e. The summed E-state index contributed by atoms with van der Waals surface area (Å²) in [6, 6.07) is 44.7. The molecule has 0 N–H and O–H groups in total. The predicted molar refractivity (Wildman–Crippen MR) is 169 cm³/mol. The van der Waals surface area contributed by atoms with Gasteiger partial charge >= 0.3 is 0 Å². The van der Waals surface area contributed by atoms with Crippen molar-refractivity contribution in [2.24, 2.45) is 0 Å². The molecule has 2 aromatic heterocycles. The second-order valence-corrected chi connectivity index (χ2v) is 10.4. The van der Waals surface area contributed by atoms with Gasteiger partial charge in [0.2, 0.25) is 11.6 Å². The van der Waals surface area contributed by atoms with Crippen LogP contribution in [-0.4, -0.2) is 29.9 Å². The Morgan fingerprint density at radius 2 is 0.698 bits per heavy atom. The molecule has 43 heavy (non-hydrogen) atoms. The normalized spacial score (nSPS) is 11.6. The van der Waals surface area contributed by atoms with E-state index in [2.05, 4.69) is 42.5 Å². The maximum Gasteiger partial charge on any atom is 0.202 e. The molecular weight excluding hydrogens is 528 g/mol. The summed E-state index contributed by atoms with van der Waals surface area (Å²) in [5.41, 5.74) is 8.65. The minimum absolute atomic E-state index is 0.393. The van der Waals surface area contributed by atoms with E-state index in [0.717, 1.165) is 28.7 Å². The van der Waals surface area contributed by atoms with Crippen molar-refractivity contribution in [2.45, 2.75) is 6.42 Å². The molecular formula is C37H24N6. The van der Waals surface area contributed by atoms with Gasteiger partial charge in [-0.25, -0.2) is 29.9 Å². The van der Waals surface area contributed by atoms with Gasteiger partial charge in [0.05, 0.1) is 0 Å². The van der Waals surface area contributed by atoms with E-state index in [0.29, 0.717) is 34.9 Å². The lowest BCUT2D eigenvalue weighted by Gasteiger charge is -2.12. The maximum atomic E-state index is 5.03. The molecule has 0 radical (unpaired) electrons. The Bertz CT molecular complexity index is 2040. The molecule has 0 unspecified atom stereocenters. The molecule has 0 atom stereocenters. The molecule has 8 rings (SSSR count). The minimum atomic E-state index is 0.393. The molecule has 1 aliphatic rings. The van der Waals surface area contributed by atoms with Gasteiger partial charge in [-0.2, -0.15) is 0 Å². The molecule has 6 nitrogen and oxygen atoms in total. The van der Waals surface area contributed by atoms with Crippen molar-refractivity contribution in [1.29, 1.82) is 0 Å². The van der Waals surface area contributed by atoms with E-state index >= 15 is 0 Å². The van der Waals surface area contributed by atoms with Crippen LogP contribution in [0.2, 0.25) is 0 Å². The smallest absolute Gasteiger partial charge is 0.202 e. The number of benzene rings is 5. The van der Waals surface area contributed by atoms with E-state index < -0.39 is 0 Å². The Balaban J connectivity index is 1.35. The highest BCUT2D eigenvalue weighted by molar-refractivity contribution is 5.83. The molecule has 2 heterocycles. The predicted octanol–water partition coefficient (Wildman–Crippen LogP) is 7.96. The van der Waals surface area contributed by atoms with E-state index in [4.69, 9.17) is 29.9 Å². The molecule has 7 aromatic rings. The molecule has 0 aliphatic heterocycles. The first-order chi connectivity index (χ1) is 21.3. The molecule has 0 amide bonds. The van der Waals surface area contributed by atoms with Crippen molar-refractivity contribution in [1.82, 2.24) is 29.9 Å². The Labute approximate surface area is 248 Å². The lowest BCUT2D eigenvalue weighted by molar-refractivity contribution is 1.00. The van der Waals surface area contributed by atoms with Crippen molar-refractivity contribution in [3.8, 4) is 68.3 Å². The fraction of sp³-hybridized carbons (Fsp3) is 0.0270. The quantitative estimate of drug-likeness (QED) is 0.216. The van der Waals surface area contributed by atoms with Gasteiger partial charge in [-0.3, -0.25) is 0 Å². The van der Waals surface area contributed by atoms with Crippen molar-refractivity contribution in [3.05, 3.63) is 145 Å². The van der Waals surface area contributed by atoms with Crippen molar-refractivity contribution in [3.63, 3.8) is 0 Å². The zero-order chi connectivity index (χ0) is 28.6. The molecule has 6 heteroatoms. The average Bonchev–Trinajstić information content (AvgIpc) is 3.48. The first kappa shape index (κ1) is 24.9. The summed E-state index contributed by atoms with van der Waals surface area (Å²) < 4.78 is 0.